The highest BCUT2D eigenvalue weighted by molar-refractivity contribution is 7.89. The molecule has 7 nitrogen and oxygen atoms in total. The number of hydrogen-bond donors (Lipinski definition) is 3. The SMILES string of the molecule is Nc1ncccc1CNS(=O)(=O)c1cccc(C(=O)NC2CCCC2)c1. The monoisotopic (exact) mass is 374 g/mol. The summed E-state index contributed by atoms with van der Waals surface area (Å²) < 4.78 is 27.6. The quantitative estimate of drug-likeness (QED) is 0.713. The summed E-state index contributed by atoms with van der Waals surface area (Å²) in [5.41, 5.74) is 6.65. The van der Waals surface area contributed by atoms with Gasteiger partial charge in [0.2, 0.25) is 10.0 Å². The van der Waals surface area contributed by atoms with Gasteiger partial charge >= 0.3 is 0 Å². The lowest BCUT2D eigenvalue weighted by molar-refractivity contribution is 0.0937. The highest BCUT2D eigenvalue weighted by Crippen LogP contribution is 2.19. The third kappa shape index (κ3) is 4.39. The molecule has 2 aromatic rings. The standard InChI is InChI=1S/C18H22N4O3S/c19-17-14(6-4-10-20-17)12-21-26(24,25)16-9-3-5-13(11-16)18(23)22-15-7-1-2-8-15/h3-6,9-11,15,21H,1-2,7-8,12H2,(H2,19,20)(H,22,23). The zero-order chi connectivity index (χ0) is 18.6. The van der Waals surface area contributed by atoms with Crippen molar-refractivity contribution in [2.24, 2.45) is 0 Å². The highest BCUT2D eigenvalue weighted by Gasteiger charge is 2.20. The van der Waals surface area contributed by atoms with Gasteiger partial charge in [0, 0.05) is 29.9 Å². The van der Waals surface area contributed by atoms with E-state index in [0.29, 0.717) is 11.1 Å². The average molecular weight is 374 g/mol. The van der Waals surface area contributed by atoms with Crippen LogP contribution in [0.2, 0.25) is 0 Å². The smallest absolute Gasteiger partial charge is 0.251 e. The second-order valence-electron chi connectivity index (χ2n) is 6.35. The molecule has 0 aliphatic heterocycles. The minimum absolute atomic E-state index is 0.0283. The number of carbonyl (C=O) groups excluding carboxylic acids is 1. The minimum atomic E-state index is -3.77. The number of nitrogens with zero attached hydrogens (tertiary/aromatic N) is 1. The molecular formula is C18H22N4O3S. The van der Waals surface area contributed by atoms with Crippen molar-refractivity contribution in [1.29, 1.82) is 0 Å². The molecule has 0 spiro atoms. The number of anilines is 1. The third-order valence-corrected chi connectivity index (χ3v) is 5.87. The van der Waals surface area contributed by atoms with Gasteiger partial charge in [0.15, 0.2) is 0 Å². The van der Waals surface area contributed by atoms with Crippen molar-refractivity contribution < 1.29 is 13.2 Å². The predicted octanol–water partition coefficient (Wildman–Crippen LogP) is 1.81. The number of aromatic nitrogens is 1. The van der Waals surface area contributed by atoms with E-state index in [1.165, 1.54) is 12.1 Å². The summed E-state index contributed by atoms with van der Waals surface area (Å²) >= 11 is 0. The maximum Gasteiger partial charge on any atom is 0.251 e. The van der Waals surface area contributed by atoms with Crippen molar-refractivity contribution in [3.05, 3.63) is 53.7 Å². The largest absolute Gasteiger partial charge is 0.383 e. The second kappa shape index (κ2) is 7.84. The predicted molar refractivity (Wildman–Crippen MR) is 98.8 cm³/mol. The molecule has 1 saturated carbocycles. The van der Waals surface area contributed by atoms with E-state index in [1.54, 1.807) is 30.5 Å². The Morgan fingerprint density at radius 3 is 2.69 bits per heavy atom. The first-order valence-corrected chi connectivity index (χ1v) is 10.0. The van der Waals surface area contributed by atoms with Crippen LogP contribution in [0.3, 0.4) is 0 Å². The van der Waals surface area contributed by atoms with E-state index in [4.69, 9.17) is 5.73 Å². The summed E-state index contributed by atoms with van der Waals surface area (Å²) in [6.07, 6.45) is 5.71. The Hall–Kier alpha value is -2.45. The van der Waals surface area contributed by atoms with Crippen LogP contribution in [0.1, 0.15) is 41.6 Å². The van der Waals surface area contributed by atoms with Crippen molar-refractivity contribution in [3.63, 3.8) is 0 Å². The van der Waals surface area contributed by atoms with Crippen LogP contribution >= 0.6 is 0 Å². The lowest BCUT2D eigenvalue weighted by Crippen LogP contribution is -2.32. The van der Waals surface area contributed by atoms with Gasteiger partial charge in [-0.1, -0.05) is 25.0 Å². The van der Waals surface area contributed by atoms with E-state index in [1.807, 2.05) is 0 Å². The number of nitrogens with one attached hydrogen (secondary N) is 2. The van der Waals surface area contributed by atoms with Gasteiger partial charge in [0.25, 0.3) is 5.91 Å². The van der Waals surface area contributed by atoms with Crippen LogP contribution in [0.15, 0.2) is 47.5 Å². The van der Waals surface area contributed by atoms with Crippen molar-refractivity contribution in [2.75, 3.05) is 5.73 Å². The van der Waals surface area contributed by atoms with Crippen molar-refractivity contribution in [1.82, 2.24) is 15.0 Å². The molecule has 0 bridgehead atoms. The molecule has 4 N–H and O–H groups in total. The van der Waals surface area contributed by atoms with Crippen LogP contribution < -0.4 is 15.8 Å². The number of amides is 1. The molecule has 26 heavy (non-hydrogen) atoms. The molecule has 1 aromatic heterocycles. The Labute approximate surface area is 153 Å². The molecule has 138 valence electrons. The van der Waals surface area contributed by atoms with Crippen LogP contribution in [0, 0.1) is 0 Å². The molecule has 0 unspecified atom stereocenters. The van der Waals surface area contributed by atoms with Crippen LogP contribution in [0.5, 0.6) is 0 Å². The summed E-state index contributed by atoms with van der Waals surface area (Å²) in [4.78, 5) is 16.3. The summed E-state index contributed by atoms with van der Waals surface area (Å²) in [5, 5.41) is 2.96. The van der Waals surface area contributed by atoms with E-state index >= 15 is 0 Å². The molecule has 3 rings (SSSR count). The fraction of sp³-hybridized carbons (Fsp3) is 0.333. The molecule has 0 radical (unpaired) electrons. The maximum absolute atomic E-state index is 12.5. The Morgan fingerprint density at radius 1 is 1.19 bits per heavy atom. The van der Waals surface area contributed by atoms with Crippen molar-refractivity contribution in [2.45, 2.75) is 43.2 Å². The number of benzene rings is 1. The fourth-order valence-corrected chi connectivity index (χ4v) is 4.05. The number of sulfonamides is 1. The van der Waals surface area contributed by atoms with Gasteiger partial charge in [-0.25, -0.2) is 18.1 Å². The van der Waals surface area contributed by atoms with Crippen molar-refractivity contribution >= 4 is 21.7 Å². The number of carbonyl (C=O) groups is 1. The first-order chi connectivity index (χ1) is 12.5. The van der Waals surface area contributed by atoms with Gasteiger partial charge in [-0.2, -0.15) is 0 Å². The topological polar surface area (TPSA) is 114 Å². The van der Waals surface area contributed by atoms with Crippen molar-refractivity contribution in [3.8, 4) is 0 Å². The van der Waals surface area contributed by atoms with E-state index in [-0.39, 0.29) is 29.2 Å². The number of nitrogens with two attached hydrogens (primary N) is 1. The lowest BCUT2D eigenvalue weighted by atomic mass is 10.2. The molecule has 1 fully saturated rings. The lowest BCUT2D eigenvalue weighted by Gasteiger charge is -2.13. The molecule has 0 atom stereocenters. The Balaban J connectivity index is 1.71. The van der Waals surface area contributed by atoms with Gasteiger partial charge < -0.3 is 11.1 Å². The zero-order valence-electron chi connectivity index (χ0n) is 14.3. The second-order valence-corrected chi connectivity index (χ2v) is 8.12. The van der Waals surface area contributed by atoms with Gasteiger partial charge in [0.05, 0.1) is 4.90 Å². The maximum atomic E-state index is 12.5. The normalized spacial score (nSPS) is 15.1. The van der Waals surface area contributed by atoms with E-state index < -0.39 is 10.0 Å². The molecule has 1 aliphatic carbocycles. The van der Waals surface area contributed by atoms with Crippen LogP contribution in [-0.2, 0) is 16.6 Å². The Kier molecular flexibility index (Phi) is 5.53. The van der Waals surface area contributed by atoms with E-state index in [9.17, 15) is 13.2 Å². The zero-order valence-corrected chi connectivity index (χ0v) is 15.1. The minimum Gasteiger partial charge on any atom is -0.383 e. The van der Waals surface area contributed by atoms with E-state index in [0.717, 1.165) is 25.7 Å². The molecule has 1 aromatic carbocycles. The number of pyridine rings is 1. The number of rotatable bonds is 6. The first-order valence-electron chi connectivity index (χ1n) is 8.56. The average Bonchev–Trinajstić information content (AvgIpc) is 3.14. The fourth-order valence-electron chi connectivity index (χ4n) is 3.00. The summed E-state index contributed by atoms with van der Waals surface area (Å²) in [7, 11) is -3.77. The summed E-state index contributed by atoms with van der Waals surface area (Å²) in [5.74, 6) is 0.0327. The highest BCUT2D eigenvalue weighted by atomic mass is 32.2. The molecule has 1 heterocycles. The third-order valence-electron chi connectivity index (χ3n) is 4.48. The number of nitrogen functional groups attached to an aromatic ring is 1. The molecule has 0 saturated heterocycles. The van der Waals surface area contributed by atoms with Gasteiger partial charge in [-0.05, 0) is 37.1 Å². The van der Waals surface area contributed by atoms with Crippen LogP contribution in [0.25, 0.3) is 0 Å². The van der Waals surface area contributed by atoms with Gasteiger partial charge in [0.1, 0.15) is 5.82 Å². The molecule has 1 aliphatic rings. The summed E-state index contributed by atoms with van der Waals surface area (Å²) in [6.45, 7) is 0.0283. The molecule has 8 heteroatoms. The van der Waals surface area contributed by atoms with Gasteiger partial charge in [-0.15, -0.1) is 0 Å². The van der Waals surface area contributed by atoms with Gasteiger partial charge in [-0.3, -0.25) is 4.79 Å². The first kappa shape index (κ1) is 18.3. The summed E-state index contributed by atoms with van der Waals surface area (Å²) in [6, 6.07) is 9.60. The van der Waals surface area contributed by atoms with E-state index in [2.05, 4.69) is 15.0 Å². The Bertz CT molecular complexity index is 893. The van der Waals surface area contributed by atoms with Crippen LogP contribution in [-0.4, -0.2) is 25.4 Å². The molecule has 1 amide bonds. The Morgan fingerprint density at radius 2 is 1.96 bits per heavy atom. The molecular weight excluding hydrogens is 352 g/mol. The number of hydrogen-bond acceptors (Lipinski definition) is 5. The van der Waals surface area contributed by atoms with Crippen LogP contribution in [0.4, 0.5) is 5.82 Å².